The van der Waals surface area contributed by atoms with Gasteiger partial charge in [-0.2, -0.15) is 0 Å². The number of nitrogens with one attached hydrogen (secondary N) is 1. The molecule has 0 amide bonds. The summed E-state index contributed by atoms with van der Waals surface area (Å²) >= 11 is 0. The van der Waals surface area contributed by atoms with Crippen LogP contribution in [0.3, 0.4) is 0 Å². The Bertz CT molecular complexity index is 1600. The van der Waals surface area contributed by atoms with Crippen LogP contribution in [0.4, 0.5) is 5.69 Å². The van der Waals surface area contributed by atoms with Gasteiger partial charge in [0.1, 0.15) is 16.3 Å². The molecule has 0 aliphatic heterocycles. The molecule has 4 aromatic rings. The van der Waals surface area contributed by atoms with Gasteiger partial charge in [-0.15, -0.1) is 0 Å². The lowest BCUT2D eigenvalue weighted by Crippen LogP contribution is -2.14. The quantitative estimate of drug-likeness (QED) is 0.336. The highest BCUT2D eigenvalue weighted by Crippen LogP contribution is 2.30. The minimum Gasteiger partial charge on any atom is -0.496 e. The number of hydrogen-bond donors (Lipinski definition) is 1. The van der Waals surface area contributed by atoms with E-state index < -0.39 is 16.0 Å². The number of aryl methyl sites for hydroxylation is 1. The molecule has 9 heteroatoms. The van der Waals surface area contributed by atoms with Crippen LogP contribution in [0.1, 0.15) is 27.2 Å². The summed E-state index contributed by atoms with van der Waals surface area (Å²) in [5.41, 5.74) is 2.61. The smallest absolute Gasteiger partial charge is 0.356 e. The van der Waals surface area contributed by atoms with Crippen LogP contribution in [0.25, 0.3) is 10.9 Å². The fraction of sp³-hybridized carbons (Fsp3) is 0.115. The van der Waals surface area contributed by atoms with Crippen LogP contribution in [0.2, 0.25) is 0 Å². The van der Waals surface area contributed by atoms with E-state index in [0.717, 1.165) is 5.56 Å². The van der Waals surface area contributed by atoms with Gasteiger partial charge in [0.2, 0.25) is 0 Å². The van der Waals surface area contributed by atoms with Crippen LogP contribution in [-0.2, 0) is 14.8 Å². The van der Waals surface area contributed by atoms with E-state index in [2.05, 4.69) is 31.3 Å². The number of anilines is 1. The lowest BCUT2D eigenvalue weighted by atomic mass is 10.1. The Labute approximate surface area is 203 Å². The Morgan fingerprint density at radius 1 is 0.971 bits per heavy atom. The van der Waals surface area contributed by atoms with Crippen LogP contribution in [-0.4, -0.2) is 38.6 Å². The topological polar surface area (TPSA) is 107 Å². The number of para-hydroxylation sites is 1. The minimum absolute atomic E-state index is 0.0232. The van der Waals surface area contributed by atoms with Crippen LogP contribution >= 0.6 is 0 Å². The summed E-state index contributed by atoms with van der Waals surface area (Å²) in [5, 5.41) is 0.587. The maximum atomic E-state index is 13.3. The van der Waals surface area contributed by atoms with Gasteiger partial charge in [-0.25, -0.2) is 18.2 Å². The summed E-state index contributed by atoms with van der Waals surface area (Å²) in [6.45, 7) is 1.80. The third-order valence-electron chi connectivity index (χ3n) is 5.21. The van der Waals surface area contributed by atoms with E-state index in [-0.39, 0.29) is 10.6 Å². The fourth-order valence-corrected chi connectivity index (χ4v) is 4.68. The normalized spacial score (nSPS) is 10.8. The molecule has 0 unspecified atom stereocenters. The molecule has 4 rings (SSSR count). The third-order valence-corrected chi connectivity index (χ3v) is 6.61. The predicted molar refractivity (Wildman–Crippen MR) is 132 cm³/mol. The predicted octanol–water partition coefficient (Wildman–Crippen LogP) is 3.93. The Morgan fingerprint density at radius 3 is 2.49 bits per heavy atom. The van der Waals surface area contributed by atoms with Crippen molar-refractivity contribution in [1.29, 1.82) is 0 Å². The molecular weight excluding hydrogens is 466 g/mol. The van der Waals surface area contributed by atoms with E-state index in [4.69, 9.17) is 4.74 Å². The minimum atomic E-state index is -4.00. The highest BCUT2D eigenvalue weighted by molar-refractivity contribution is 7.93. The number of benzene rings is 2. The molecule has 0 saturated heterocycles. The van der Waals surface area contributed by atoms with Crippen molar-refractivity contribution in [1.82, 2.24) is 9.97 Å². The van der Waals surface area contributed by atoms with Gasteiger partial charge in [0.15, 0.2) is 0 Å². The molecule has 1 N–H and O–H groups in total. The van der Waals surface area contributed by atoms with E-state index in [1.165, 1.54) is 32.7 Å². The first-order valence-electron chi connectivity index (χ1n) is 10.4. The molecule has 0 radical (unpaired) electrons. The second-order valence-corrected chi connectivity index (χ2v) is 9.09. The third kappa shape index (κ3) is 4.93. The number of pyridine rings is 2. The molecule has 2 aromatic carbocycles. The summed E-state index contributed by atoms with van der Waals surface area (Å²) in [7, 11) is -1.19. The lowest BCUT2D eigenvalue weighted by molar-refractivity contribution is 0.0594. The number of carbonyl (C=O) groups is 1. The molecule has 0 aliphatic carbocycles. The van der Waals surface area contributed by atoms with Gasteiger partial charge in [-0.1, -0.05) is 24.0 Å². The van der Waals surface area contributed by atoms with Gasteiger partial charge in [0.25, 0.3) is 10.0 Å². The monoisotopic (exact) mass is 487 g/mol. The zero-order chi connectivity index (χ0) is 25.0. The molecule has 0 fully saturated rings. The van der Waals surface area contributed by atoms with Crippen LogP contribution in [0.15, 0.2) is 71.9 Å². The average molecular weight is 488 g/mol. The molecule has 8 nitrogen and oxygen atoms in total. The number of aromatic nitrogens is 2. The standard InChI is InChI=1S/C26H21N3O5S/c1-17-15-22(26(30)34-3)28-16-19(17)11-10-18-7-4-5-9-21(18)29-35(31,32)24-13-12-23(33-2)20-8-6-14-27-25(20)24/h4-9,12-16,29H,1-3H3. The number of fused-ring (bicyclic) bond motifs is 1. The molecule has 0 saturated carbocycles. The van der Waals surface area contributed by atoms with E-state index in [9.17, 15) is 13.2 Å². The molecule has 0 bridgehead atoms. The van der Waals surface area contributed by atoms with E-state index in [0.29, 0.717) is 33.5 Å². The summed E-state index contributed by atoms with van der Waals surface area (Å²) in [6, 6.07) is 14.9. The Balaban J connectivity index is 1.69. The van der Waals surface area contributed by atoms with Gasteiger partial charge in [0, 0.05) is 28.9 Å². The molecule has 176 valence electrons. The average Bonchev–Trinajstić information content (AvgIpc) is 2.87. The highest BCUT2D eigenvalue weighted by atomic mass is 32.2. The second-order valence-electron chi connectivity index (χ2n) is 7.44. The van der Waals surface area contributed by atoms with Crippen molar-refractivity contribution in [2.75, 3.05) is 18.9 Å². The molecule has 0 spiro atoms. The number of carbonyl (C=O) groups excluding carboxylic acids is 1. The van der Waals surface area contributed by atoms with Gasteiger partial charge in [-0.05, 0) is 55.0 Å². The summed E-state index contributed by atoms with van der Waals surface area (Å²) in [5.74, 6) is 5.98. The number of esters is 1. The van der Waals surface area contributed by atoms with Crippen molar-refractivity contribution in [3.63, 3.8) is 0 Å². The Kier molecular flexibility index (Phi) is 6.66. The molecular formula is C26H21N3O5S. The second kappa shape index (κ2) is 9.83. The van der Waals surface area contributed by atoms with Gasteiger partial charge < -0.3 is 9.47 Å². The van der Waals surface area contributed by atoms with Crippen LogP contribution in [0.5, 0.6) is 5.75 Å². The molecule has 2 heterocycles. The zero-order valence-corrected chi connectivity index (χ0v) is 20.0. The van der Waals surface area contributed by atoms with Gasteiger partial charge in [-0.3, -0.25) is 9.71 Å². The maximum absolute atomic E-state index is 13.3. The number of hydrogen-bond acceptors (Lipinski definition) is 7. The number of nitrogens with zero attached hydrogens (tertiary/aromatic N) is 2. The number of rotatable bonds is 5. The first-order chi connectivity index (χ1) is 16.8. The molecule has 2 aromatic heterocycles. The van der Waals surface area contributed by atoms with Crippen molar-refractivity contribution in [2.45, 2.75) is 11.8 Å². The van der Waals surface area contributed by atoms with E-state index in [1.54, 1.807) is 55.5 Å². The number of methoxy groups -OCH3 is 2. The van der Waals surface area contributed by atoms with Gasteiger partial charge >= 0.3 is 5.97 Å². The number of sulfonamides is 1. The zero-order valence-electron chi connectivity index (χ0n) is 19.2. The van der Waals surface area contributed by atoms with Gasteiger partial charge in [0.05, 0.1) is 25.4 Å². The van der Waals surface area contributed by atoms with Crippen molar-refractivity contribution in [2.24, 2.45) is 0 Å². The SMILES string of the molecule is COC(=O)c1cc(C)c(C#Cc2ccccc2NS(=O)(=O)c2ccc(OC)c3cccnc23)cn1. The van der Waals surface area contributed by atoms with Crippen molar-refractivity contribution in [3.8, 4) is 17.6 Å². The maximum Gasteiger partial charge on any atom is 0.356 e. The van der Waals surface area contributed by atoms with Crippen molar-refractivity contribution >= 4 is 32.6 Å². The largest absolute Gasteiger partial charge is 0.496 e. The van der Waals surface area contributed by atoms with Crippen LogP contribution < -0.4 is 9.46 Å². The first kappa shape index (κ1) is 23.7. The highest BCUT2D eigenvalue weighted by Gasteiger charge is 2.21. The summed E-state index contributed by atoms with van der Waals surface area (Å²) in [6.07, 6.45) is 3.01. The molecule has 0 aliphatic rings. The van der Waals surface area contributed by atoms with Crippen LogP contribution in [0, 0.1) is 18.8 Å². The molecule has 35 heavy (non-hydrogen) atoms. The summed E-state index contributed by atoms with van der Waals surface area (Å²) in [4.78, 5) is 20.0. The fourth-order valence-electron chi connectivity index (χ4n) is 3.43. The lowest BCUT2D eigenvalue weighted by Gasteiger charge is -2.13. The molecule has 0 atom stereocenters. The Hall–Kier alpha value is -4.42. The Morgan fingerprint density at radius 2 is 1.74 bits per heavy atom. The first-order valence-corrected chi connectivity index (χ1v) is 11.9. The van der Waals surface area contributed by atoms with E-state index in [1.807, 2.05) is 0 Å². The summed E-state index contributed by atoms with van der Waals surface area (Å²) < 4.78 is 39.3. The van der Waals surface area contributed by atoms with Crippen molar-refractivity contribution in [3.05, 3.63) is 89.4 Å². The van der Waals surface area contributed by atoms with Crippen molar-refractivity contribution < 1.29 is 22.7 Å². The van der Waals surface area contributed by atoms with E-state index >= 15 is 0 Å². The number of ether oxygens (including phenoxy) is 2.